The number of benzene rings is 2. The van der Waals surface area contributed by atoms with Gasteiger partial charge in [-0.25, -0.2) is 8.42 Å². The van der Waals surface area contributed by atoms with Crippen molar-refractivity contribution in [1.82, 2.24) is 4.90 Å². The van der Waals surface area contributed by atoms with Gasteiger partial charge in [0.1, 0.15) is 5.75 Å². The van der Waals surface area contributed by atoms with Gasteiger partial charge in [0.05, 0.1) is 9.79 Å². The molecule has 3 aromatic rings. The number of nitrogens with zero attached hydrogens (tertiary/aromatic N) is 1. The number of phenols is 1. The monoisotopic (exact) mass is 447 g/mol. The number of hydrogen-bond acceptors (Lipinski definition) is 5. The van der Waals surface area contributed by atoms with Crippen molar-refractivity contribution < 1.29 is 13.5 Å². The molecule has 0 atom stereocenters. The fraction of sp³-hybridized carbons (Fsp3) is 0.273. The molecular formula is C22H22ClNO3S2. The van der Waals surface area contributed by atoms with Gasteiger partial charge in [-0.15, -0.1) is 11.3 Å². The lowest BCUT2D eigenvalue weighted by Gasteiger charge is -2.28. The van der Waals surface area contributed by atoms with Gasteiger partial charge < -0.3 is 5.11 Å². The predicted octanol–water partition coefficient (Wildman–Crippen LogP) is 5.06. The van der Waals surface area contributed by atoms with Crippen LogP contribution < -0.4 is 0 Å². The summed E-state index contributed by atoms with van der Waals surface area (Å²) in [6.45, 7) is 4.15. The number of phenolic OH excluding ortho intramolecular Hbond substituents is 1. The maximum atomic E-state index is 13.5. The van der Waals surface area contributed by atoms with Crippen LogP contribution in [0.4, 0.5) is 0 Å². The number of hydrogen-bond donors (Lipinski definition) is 1. The SMILES string of the molecule is CCc1sc2c(c1S(=O)(=O)c1ccc(O)cc1)CN(Cc1ccccc1Cl)CC2. The summed E-state index contributed by atoms with van der Waals surface area (Å²) in [5.41, 5.74) is 1.96. The van der Waals surface area contributed by atoms with Gasteiger partial charge in [-0.05, 0) is 54.3 Å². The molecule has 0 bridgehead atoms. The molecule has 0 amide bonds. The molecule has 1 aromatic heterocycles. The van der Waals surface area contributed by atoms with Crippen molar-refractivity contribution in [2.75, 3.05) is 6.54 Å². The van der Waals surface area contributed by atoms with Crippen LogP contribution in [0.15, 0.2) is 58.3 Å². The Morgan fingerprint density at radius 1 is 1.14 bits per heavy atom. The first-order valence-electron chi connectivity index (χ1n) is 9.53. The van der Waals surface area contributed by atoms with Crippen molar-refractivity contribution in [3.63, 3.8) is 0 Å². The van der Waals surface area contributed by atoms with Crippen molar-refractivity contribution in [1.29, 1.82) is 0 Å². The molecule has 1 N–H and O–H groups in total. The third-order valence-electron chi connectivity index (χ3n) is 5.24. The topological polar surface area (TPSA) is 57.6 Å². The number of fused-ring (bicyclic) bond motifs is 1. The van der Waals surface area contributed by atoms with Crippen molar-refractivity contribution in [2.45, 2.75) is 42.6 Å². The maximum Gasteiger partial charge on any atom is 0.208 e. The highest BCUT2D eigenvalue weighted by Gasteiger charge is 2.32. The van der Waals surface area contributed by atoms with Crippen LogP contribution >= 0.6 is 22.9 Å². The van der Waals surface area contributed by atoms with Gasteiger partial charge in [0, 0.05) is 34.4 Å². The molecular weight excluding hydrogens is 426 g/mol. The molecule has 29 heavy (non-hydrogen) atoms. The van der Waals surface area contributed by atoms with Gasteiger partial charge >= 0.3 is 0 Å². The summed E-state index contributed by atoms with van der Waals surface area (Å²) >= 11 is 7.94. The smallest absolute Gasteiger partial charge is 0.208 e. The molecule has 152 valence electrons. The van der Waals surface area contributed by atoms with Crippen molar-refractivity contribution in [3.05, 3.63) is 74.4 Å². The summed E-state index contributed by atoms with van der Waals surface area (Å²) in [5.74, 6) is 0.0536. The molecule has 0 fully saturated rings. The molecule has 1 aliphatic heterocycles. The molecule has 2 aromatic carbocycles. The van der Waals surface area contributed by atoms with Crippen LogP contribution in [-0.4, -0.2) is 25.0 Å². The highest BCUT2D eigenvalue weighted by molar-refractivity contribution is 7.91. The van der Waals surface area contributed by atoms with Crippen molar-refractivity contribution in [2.24, 2.45) is 0 Å². The lowest BCUT2D eigenvalue weighted by atomic mass is 10.1. The number of aromatic hydroxyl groups is 1. The molecule has 7 heteroatoms. The molecule has 4 nitrogen and oxygen atoms in total. The normalized spacial score (nSPS) is 14.7. The maximum absolute atomic E-state index is 13.5. The molecule has 0 spiro atoms. The summed E-state index contributed by atoms with van der Waals surface area (Å²) in [6, 6.07) is 13.6. The fourth-order valence-corrected chi connectivity index (χ4v) is 7.31. The van der Waals surface area contributed by atoms with Gasteiger partial charge in [0.25, 0.3) is 0 Å². The molecule has 0 aliphatic carbocycles. The van der Waals surface area contributed by atoms with E-state index in [1.54, 1.807) is 11.3 Å². The number of halogens is 1. The van der Waals surface area contributed by atoms with E-state index in [0.717, 1.165) is 38.9 Å². The first-order valence-corrected chi connectivity index (χ1v) is 12.2. The Bertz CT molecular complexity index is 1140. The van der Waals surface area contributed by atoms with Gasteiger partial charge in [-0.1, -0.05) is 36.7 Å². The summed E-state index contributed by atoms with van der Waals surface area (Å²) in [6.07, 6.45) is 1.51. The quantitative estimate of drug-likeness (QED) is 0.593. The Labute approximate surface area is 180 Å². The minimum atomic E-state index is -3.65. The van der Waals surface area contributed by atoms with Crippen LogP contribution in [0.1, 0.15) is 27.8 Å². The molecule has 0 unspecified atom stereocenters. The number of rotatable bonds is 5. The summed E-state index contributed by atoms with van der Waals surface area (Å²) in [4.78, 5) is 4.99. The van der Waals surface area contributed by atoms with Crippen LogP contribution in [0, 0.1) is 0 Å². The minimum Gasteiger partial charge on any atom is -0.508 e. The van der Waals surface area contributed by atoms with E-state index in [1.165, 1.54) is 24.3 Å². The second kappa shape index (κ2) is 8.11. The Hall–Kier alpha value is -1.86. The Morgan fingerprint density at radius 2 is 1.86 bits per heavy atom. The first kappa shape index (κ1) is 20.4. The number of aryl methyl sites for hydroxylation is 1. The highest BCUT2D eigenvalue weighted by Crippen LogP contribution is 2.40. The zero-order chi connectivity index (χ0) is 20.6. The zero-order valence-corrected chi connectivity index (χ0v) is 18.4. The fourth-order valence-electron chi connectivity index (χ4n) is 3.77. The van der Waals surface area contributed by atoms with Gasteiger partial charge in [0.15, 0.2) is 0 Å². The van der Waals surface area contributed by atoms with Crippen LogP contribution in [0.5, 0.6) is 5.75 Å². The van der Waals surface area contributed by atoms with Crippen LogP contribution in [-0.2, 0) is 35.8 Å². The molecule has 4 rings (SSSR count). The first-order chi connectivity index (χ1) is 13.9. The average Bonchev–Trinajstić information content (AvgIpc) is 3.09. The lowest BCUT2D eigenvalue weighted by Crippen LogP contribution is -2.30. The summed E-state index contributed by atoms with van der Waals surface area (Å²) in [5, 5.41) is 10.3. The minimum absolute atomic E-state index is 0.0536. The molecule has 0 radical (unpaired) electrons. The van der Waals surface area contributed by atoms with E-state index >= 15 is 0 Å². The molecule has 2 heterocycles. The van der Waals surface area contributed by atoms with E-state index < -0.39 is 9.84 Å². The largest absolute Gasteiger partial charge is 0.508 e. The van der Waals surface area contributed by atoms with E-state index in [9.17, 15) is 13.5 Å². The van der Waals surface area contributed by atoms with Gasteiger partial charge in [-0.2, -0.15) is 0 Å². The summed E-state index contributed by atoms with van der Waals surface area (Å²) in [7, 11) is -3.65. The van der Waals surface area contributed by atoms with E-state index in [2.05, 4.69) is 4.90 Å². The van der Waals surface area contributed by atoms with Gasteiger partial charge in [0.2, 0.25) is 9.84 Å². The third kappa shape index (κ3) is 3.94. The number of thiophene rings is 1. The van der Waals surface area contributed by atoms with E-state index in [0.29, 0.717) is 24.4 Å². The van der Waals surface area contributed by atoms with Crippen LogP contribution in [0.25, 0.3) is 0 Å². The predicted molar refractivity (Wildman–Crippen MR) is 117 cm³/mol. The second-order valence-electron chi connectivity index (χ2n) is 7.16. The number of sulfone groups is 1. The van der Waals surface area contributed by atoms with Crippen molar-refractivity contribution >= 4 is 32.8 Å². The van der Waals surface area contributed by atoms with E-state index in [1.807, 2.05) is 31.2 Å². The van der Waals surface area contributed by atoms with Crippen molar-refractivity contribution in [3.8, 4) is 5.75 Å². The molecule has 1 aliphatic rings. The molecule has 0 saturated carbocycles. The highest BCUT2D eigenvalue weighted by atomic mass is 35.5. The van der Waals surface area contributed by atoms with Crippen LogP contribution in [0.2, 0.25) is 5.02 Å². The standard InChI is InChI=1S/C22H22ClNO3S2/c1-2-20-22(29(26,27)17-9-7-16(25)8-10-17)18-14-24(12-11-21(18)28-20)13-15-5-3-4-6-19(15)23/h3-10,25H,2,11-14H2,1H3. The Kier molecular flexibility index (Phi) is 5.71. The average molecular weight is 448 g/mol. The lowest BCUT2D eigenvalue weighted by molar-refractivity contribution is 0.245. The van der Waals surface area contributed by atoms with Gasteiger partial charge in [-0.3, -0.25) is 4.90 Å². The molecule has 0 saturated heterocycles. The third-order valence-corrected chi connectivity index (χ3v) is 9.09. The van der Waals surface area contributed by atoms with E-state index in [-0.39, 0.29) is 10.6 Å². The Balaban J connectivity index is 1.72. The van der Waals surface area contributed by atoms with E-state index in [4.69, 9.17) is 11.6 Å². The second-order valence-corrected chi connectivity index (χ2v) is 10.6. The van der Waals surface area contributed by atoms with Crippen LogP contribution in [0.3, 0.4) is 0 Å². The Morgan fingerprint density at radius 3 is 2.55 bits per heavy atom. The zero-order valence-electron chi connectivity index (χ0n) is 16.1. The summed E-state index contributed by atoms with van der Waals surface area (Å²) < 4.78 is 26.9.